The van der Waals surface area contributed by atoms with Gasteiger partial charge in [0.2, 0.25) is 0 Å². The van der Waals surface area contributed by atoms with E-state index in [0.29, 0.717) is 0 Å². The first-order valence-electron chi connectivity index (χ1n) is 5.61. The predicted molar refractivity (Wildman–Crippen MR) is 65.2 cm³/mol. The lowest BCUT2D eigenvalue weighted by atomic mass is 10.3. The van der Waals surface area contributed by atoms with Crippen LogP contribution in [0.25, 0.3) is 11.0 Å². The Labute approximate surface area is 94.7 Å². The van der Waals surface area contributed by atoms with Crippen LogP contribution < -0.4 is 5.73 Å². The number of nitrogens with zero attached hydrogens (tertiary/aromatic N) is 2. The number of anilines is 1. The number of aromatic nitrogens is 2. The van der Waals surface area contributed by atoms with Gasteiger partial charge in [-0.3, -0.25) is 0 Å². The molecule has 0 spiro atoms. The highest BCUT2D eigenvalue weighted by Gasteiger charge is 2.08. The van der Waals surface area contributed by atoms with Gasteiger partial charge in [-0.1, -0.05) is 0 Å². The Bertz CT molecular complexity index is 490. The van der Waals surface area contributed by atoms with Gasteiger partial charge in [0.05, 0.1) is 11.0 Å². The van der Waals surface area contributed by atoms with Crippen molar-refractivity contribution in [1.82, 2.24) is 9.55 Å². The summed E-state index contributed by atoms with van der Waals surface area (Å²) in [5.74, 6) is 1.03. The summed E-state index contributed by atoms with van der Waals surface area (Å²) >= 11 is 0. The van der Waals surface area contributed by atoms with Gasteiger partial charge in [0.1, 0.15) is 5.82 Å². The van der Waals surface area contributed by atoms with Crippen molar-refractivity contribution < 1.29 is 5.11 Å². The smallest absolute Gasteiger partial charge is 0.109 e. The van der Waals surface area contributed by atoms with E-state index in [-0.39, 0.29) is 6.61 Å². The molecule has 0 aliphatic heterocycles. The fourth-order valence-corrected chi connectivity index (χ4v) is 1.98. The number of hydrogen-bond donors (Lipinski definition) is 2. The first kappa shape index (κ1) is 11.0. The van der Waals surface area contributed by atoms with Crippen LogP contribution in [-0.2, 0) is 13.0 Å². The Balaban J connectivity index is 2.48. The lowest BCUT2D eigenvalue weighted by Gasteiger charge is -2.04. The number of benzene rings is 1. The van der Waals surface area contributed by atoms with E-state index in [1.165, 1.54) is 0 Å². The molecule has 0 saturated carbocycles. The summed E-state index contributed by atoms with van der Waals surface area (Å²) in [5, 5.41) is 8.85. The molecule has 2 rings (SSSR count). The summed E-state index contributed by atoms with van der Waals surface area (Å²) < 4.78 is 2.17. The van der Waals surface area contributed by atoms with Gasteiger partial charge in [0.25, 0.3) is 0 Å². The standard InChI is InChI=1S/C12H17N3O/c1-2-15-11-6-5-9(13)8-10(11)14-12(15)4-3-7-16/h5-6,8,16H,2-4,7,13H2,1H3. The third-order valence-electron chi connectivity index (χ3n) is 2.73. The Morgan fingerprint density at radius 2 is 2.25 bits per heavy atom. The van der Waals surface area contributed by atoms with Crippen LogP contribution in [0.1, 0.15) is 19.2 Å². The Morgan fingerprint density at radius 3 is 2.94 bits per heavy atom. The summed E-state index contributed by atoms with van der Waals surface area (Å²) in [6.45, 7) is 3.19. The number of fused-ring (bicyclic) bond motifs is 1. The van der Waals surface area contributed by atoms with Crippen LogP contribution in [0.2, 0.25) is 0 Å². The molecule has 0 bridgehead atoms. The number of aliphatic hydroxyl groups is 1. The summed E-state index contributed by atoms with van der Waals surface area (Å²) in [7, 11) is 0. The molecule has 1 heterocycles. The van der Waals surface area contributed by atoms with Crippen molar-refractivity contribution in [3.05, 3.63) is 24.0 Å². The Kier molecular flexibility index (Phi) is 3.10. The molecule has 16 heavy (non-hydrogen) atoms. The fourth-order valence-electron chi connectivity index (χ4n) is 1.98. The maximum absolute atomic E-state index is 8.85. The summed E-state index contributed by atoms with van der Waals surface area (Å²) in [5.41, 5.74) is 8.53. The van der Waals surface area contributed by atoms with E-state index in [9.17, 15) is 0 Å². The summed E-state index contributed by atoms with van der Waals surface area (Å²) in [4.78, 5) is 4.55. The molecule has 1 aromatic heterocycles. The molecule has 2 aromatic rings. The summed E-state index contributed by atoms with van der Waals surface area (Å²) in [6.07, 6.45) is 1.55. The molecule has 0 radical (unpaired) electrons. The number of aryl methyl sites for hydroxylation is 2. The second kappa shape index (κ2) is 4.53. The third kappa shape index (κ3) is 1.88. The van der Waals surface area contributed by atoms with E-state index in [2.05, 4.69) is 16.5 Å². The SMILES string of the molecule is CCn1c(CCCO)nc2cc(N)ccc21. The second-order valence-corrected chi connectivity index (χ2v) is 3.85. The van der Waals surface area contributed by atoms with Crippen molar-refractivity contribution in [2.45, 2.75) is 26.3 Å². The van der Waals surface area contributed by atoms with Crippen LogP contribution in [0, 0.1) is 0 Å². The van der Waals surface area contributed by atoms with Gasteiger partial charge >= 0.3 is 0 Å². The minimum atomic E-state index is 0.203. The normalized spacial score (nSPS) is 11.1. The first-order chi connectivity index (χ1) is 7.76. The molecule has 0 aliphatic rings. The lowest BCUT2D eigenvalue weighted by molar-refractivity contribution is 0.287. The van der Waals surface area contributed by atoms with E-state index >= 15 is 0 Å². The highest BCUT2D eigenvalue weighted by Crippen LogP contribution is 2.19. The molecule has 0 fully saturated rings. The number of aliphatic hydroxyl groups excluding tert-OH is 1. The van der Waals surface area contributed by atoms with Crippen LogP contribution in [0.5, 0.6) is 0 Å². The van der Waals surface area contributed by atoms with Crippen molar-refractivity contribution in [2.24, 2.45) is 0 Å². The molecule has 4 nitrogen and oxygen atoms in total. The van der Waals surface area contributed by atoms with Crippen molar-refractivity contribution in [3.8, 4) is 0 Å². The predicted octanol–water partition coefficient (Wildman–Crippen LogP) is 1.56. The molecule has 0 unspecified atom stereocenters. The molecule has 1 aromatic carbocycles. The van der Waals surface area contributed by atoms with Crippen LogP contribution in [0.3, 0.4) is 0 Å². The first-order valence-corrected chi connectivity index (χ1v) is 5.61. The number of imidazole rings is 1. The second-order valence-electron chi connectivity index (χ2n) is 3.85. The minimum Gasteiger partial charge on any atom is -0.399 e. The zero-order valence-corrected chi connectivity index (χ0v) is 9.48. The zero-order chi connectivity index (χ0) is 11.5. The third-order valence-corrected chi connectivity index (χ3v) is 2.73. The van der Waals surface area contributed by atoms with Crippen LogP contribution >= 0.6 is 0 Å². The Hall–Kier alpha value is -1.55. The van der Waals surface area contributed by atoms with Gasteiger partial charge in [-0.2, -0.15) is 0 Å². The van der Waals surface area contributed by atoms with E-state index in [4.69, 9.17) is 10.8 Å². The largest absolute Gasteiger partial charge is 0.399 e. The molecule has 0 aliphatic carbocycles. The average Bonchev–Trinajstić information content (AvgIpc) is 2.62. The number of nitrogens with two attached hydrogens (primary N) is 1. The van der Waals surface area contributed by atoms with E-state index in [0.717, 1.165) is 41.9 Å². The van der Waals surface area contributed by atoms with Crippen molar-refractivity contribution in [1.29, 1.82) is 0 Å². The van der Waals surface area contributed by atoms with Gasteiger partial charge < -0.3 is 15.4 Å². The van der Waals surface area contributed by atoms with Crippen molar-refractivity contribution in [3.63, 3.8) is 0 Å². The van der Waals surface area contributed by atoms with Gasteiger partial charge in [0, 0.05) is 25.3 Å². The zero-order valence-electron chi connectivity index (χ0n) is 9.48. The molecule has 0 atom stereocenters. The number of nitrogen functional groups attached to an aromatic ring is 1. The van der Waals surface area contributed by atoms with E-state index < -0.39 is 0 Å². The van der Waals surface area contributed by atoms with Crippen LogP contribution in [-0.4, -0.2) is 21.3 Å². The monoisotopic (exact) mass is 219 g/mol. The van der Waals surface area contributed by atoms with Crippen molar-refractivity contribution >= 4 is 16.7 Å². The van der Waals surface area contributed by atoms with E-state index in [1.54, 1.807) is 0 Å². The molecule has 4 heteroatoms. The molecule has 86 valence electrons. The highest BCUT2D eigenvalue weighted by atomic mass is 16.2. The quantitative estimate of drug-likeness (QED) is 0.767. The minimum absolute atomic E-state index is 0.203. The topological polar surface area (TPSA) is 64.1 Å². The molecular weight excluding hydrogens is 202 g/mol. The van der Waals surface area contributed by atoms with Gasteiger partial charge in [-0.25, -0.2) is 4.98 Å². The maximum atomic E-state index is 8.85. The van der Waals surface area contributed by atoms with Crippen LogP contribution in [0.15, 0.2) is 18.2 Å². The number of rotatable bonds is 4. The van der Waals surface area contributed by atoms with Gasteiger partial charge in [-0.05, 0) is 31.5 Å². The molecule has 0 saturated heterocycles. The van der Waals surface area contributed by atoms with Gasteiger partial charge in [0.15, 0.2) is 0 Å². The fraction of sp³-hybridized carbons (Fsp3) is 0.417. The molecule has 3 N–H and O–H groups in total. The van der Waals surface area contributed by atoms with Crippen molar-refractivity contribution in [2.75, 3.05) is 12.3 Å². The Morgan fingerprint density at radius 1 is 1.44 bits per heavy atom. The maximum Gasteiger partial charge on any atom is 0.109 e. The average molecular weight is 219 g/mol. The van der Waals surface area contributed by atoms with Gasteiger partial charge in [-0.15, -0.1) is 0 Å². The number of hydrogen-bond acceptors (Lipinski definition) is 3. The highest BCUT2D eigenvalue weighted by molar-refractivity contribution is 5.79. The lowest BCUT2D eigenvalue weighted by Crippen LogP contribution is -2.02. The summed E-state index contributed by atoms with van der Waals surface area (Å²) in [6, 6.07) is 5.79. The van der Waals surface area contributed by atoms with Crippen LogP contribution in [0.4, 0.5) is 5.69 Å². The molecular formula is C12H17N3O. The molecule has 0 amide bonds. The van der Waals surface area contributed by atoms with E-state index in [1.807, 2.05) is 18.2 Å².